The predicted molar refractivity (Wildman–Crippen MR) is 103 cm³/mol. The van der Waals surface area contributed by atoms with E-state index in [2.05, 4.69) is 65.8 Å². The van der Waals surface area contributed by atoms with Gasteiger partial charge in [0.1, 0.15) is 17.4 Å². The van der Waals surface area contributed by atoms with Gasteiger partial charge in [0, 0.05) is 25.6 Å². The van der Waals surface area contributed by atoms with Gasteiger partial charge in [-0.25, -0.2) is 0 Å². The van der Waals surface area contributed by atoms with Crippen LogP contribution in [0.15, 0.2) is 18.2 Å². The molecule has 0 saturated heterocycles. The molecule has 0 aliphatic heterocycles. The van der Waals surface area contributed by atoms with Crippen LogP contribution in [0, 0.1) is 13.8 Å². The molecule has 0 amide bonds. The third-order valence-corrected chi connectivity index (χ3v) is 5.24. The molecule has 0 atom stereocenters. The zero-order valence-corrected chi connectivity index (χ0v) is 16.4. The summed E-state index contributed by atoms with van der Waals surface area (Å²) in [5.74, 6) is 3.56. The SMILES string of the molecule is Cc1ccc(C)c(OCCCN(C)Cc2nnc(C3CC(N)C3)n2C)c1. The maximum absolute atomic E-state index is 5.94. The van der Waals surface area contributed by atoms with Gasteiger partial charge in [-0.3, -0.25) is 4.90 Å². The normalized spacial score (nSPS) is 19.6. The summed E-state index contributed by atoms with van der Waals surface area (Å²) in [6, 6.07) is 6.66. The maximum Gasteiger partial charge on any atom is 0.146 e. The highest BCUT2D eigenvalue weighted by molar-refractivity contribution is 5.35. The molecule has 0 spiro atoms. The van der Waals surface area contributed by atoms with Gasteiger partial charge in [0.15, 0.2) is 0 Å². The van der Waals surface area contributed by atoms with E-state index >= 15 is 0 Å². The van der Waals surface area contributed by atoms with Crippen molar-refractivity contribution in [3.05, 3.63) is 41.0 Å². The van der Waals surface area contributed by atoms with Crippen LogP contribution < -0.4 is 10.5 Å². The van der Waals surface area contributed by atoms with Gasteiger partial charge in [0.25, 0.3) is 0 Å². The van der Waals surface area contributed by atoms with E-state index in [4.69, 9.17) is 10.5 Å². The van der Waals surface area contributed by atoms with Crippen molar-refractivity contribution in [2.75, 3.05) is 20.2 Å². The number of aromatic nitrogens is 3. The Morgan fingerprint density at radius 2 is 2.04 bits per heavy atom. The molecule has 1 aliphatic carbocycles. The van der Waals surface area contributed by atoms with E-state index in [0.29, 0.717) is 12.0 Å². The summed E-state index contributed by atoms with van der Waals surface area (Å²) in [4.78, 5) is 2.27. The fourth-order valence-electron chi connectivity index (χ4n) is 3.44. The maximum atomic E-state index is 5.94. The van der Waals surface area contributed by atoms with Crippen molar-refractivity contribution in [1.29, 1.82) is 0 Å². The molecule has 6 nitrogen and oxygen atoms in total. The number of ether oxygens (including phenoxy) is 1. The Morgan fingerprint density at radius 3 is 2.77 bits per heavy atom. The van der Waals surface area contributed by atoms with Crippen LogP contribution in [0.25, 0.3) is 0 Å². The van der Waals surface area contributed by atoms with Crippen molar-refractivity contribution in [3.8, 4) is 5.75 Å². The van der Waals surface area contributed by atoms with Gasteiger partial charge in [-0.15, -0.1) is 10.2 Å². The van der Waals surface area contributed by atoms with Crippen LogP contribution in [0.1, 0.15) is 48.0 Å². The van der Waals surface area contributed by atoms with Gasteiger partial charge in [-0.05, 0) is 57.4 Å². The topological polar surface area (TPSA) is 69.2 Å². The summed E-state index contributed by atoms with van der Waals surface area (Å²) in [5, 5.41) is 8.77. The Hall–Kier alpha value is -1.92. The first kappa shape index (κ1) is 18.9. The van der Waals surface area contributed by atoms with Crippen LogP contribution >= 0.6 is 0 Å². The van der Waals surface area contributed by atoms with Gasteiger partial charge in [0.05, 0.1) is 13.2 Å². The van der Waals surface area contributed by atoms with Crippen molar-refractivity contribution >= 4 is 0 Å². The lowest BCUT2D eigenvalue weighted by molar-refractivity contribution is 0.253. The molecule has 0 radical (unpaired) electrons. The van der Waals surface area contributed by atoms with Gasteiger partial charge < -0.3 is 15.0 Å². The van der Waals surface area contributed by atoms with Crippen LogP contribution in [-0.4, -0.2) is 45.9 Å². The van der Waals surface area contributed by atoms with Crippen molar-refractivity contribution in [1.82, 2.24) is 19.7 Å². The Kier molecular flexibility index (Phi) is 5.94. The lowest BCUT2D eigenvalue weighted by Gasteiger charge is -2.31. The van der Waals surface area contributed by atoms with Gasteiger partial charge in [-0.1, -0.05) is 12.1 Å². The highest BCUT2D eigenvalue weighted by Gasteiger charge is 2.31. The Bertz CT molecular complexity index is 736. The van der Waals surface area contributed by atoms with Crippen LogP contribution in [0.2, 0.25) is 0 Å². The van der Waals surface area contributed by atoms with Crippen molar-refractivity contribution in [2.24, 2.45) is 12.8 Å². The summed E-state index contributed by atoms with van der Waals surface area (Å²) in [5.41, 5.74) is 8.31. The third kappa shape index (κ3) is 4.43. The zero-order valence-electron chi connectivity index (χ0n) is 16.4. The standard InChI is InChI=1S/C20H31N5O/c1-14-6-7-15(2)18(10-14)26-9-5-8-24(3)13-19-22-23-20(25(19)4)16-11-17(21)12-16/h6-7,10,16-17H,5,8-9,11-13,21H2,1-4H3. The van der Waals surface area contributed by atoms with E-state index in [-0.39, 0.29) is 0 Å². The summed E-state index contributed by atoms with van der Waals surface area (Å²) in [6.07, 6.45) is 3.03. The van der Waals surface area contributed by atoms with E-state index in [1.165, 1.54) is 11.1 Å². The lowest BCUT2D eigenvalue weighted by Crippen LogP contribution is -2.36. The van der Waals surface area contributed by atoms with Gasteiger partial charge >= 0.3 is 0 Å². The summed E-state index contributed by atoms with van der Waals surface area (Å²) < 4.78 is 8.08. The molecule has 0 bridgehead atoms. The fraction of sp³-hybridized carbons (Fsp3) is 0.600. The zero-order chi connectivity index (χ0) is 18.7. The molecule has 0 unspecified atom stereocenters. The fourth-order valence-corrected chi connectivity index (χ4v) is 3.44. The highest BCUT2D eigenvalue weighted by atomic mass is 16.5. The van der Waals surface area contributed by atoms with Crippen LogP contribution in [-0.2, 0) is 13.6 Å². The molecule has 3 rings (SSSR count). The van der Waals surface area contributed by atoms with Crippen molar-refractivity contribution < 1.29 is 4.74 Å². The summed E-state index contributed by atoms with van der Waals surface area (Å²) in [7, 11) is 4.18. The number of nitrogens with two attached hydrogens (primary N) is 1. The minimum Gasteiger partial charge on any atom is -0.493 e. The molecule has 1 fully saturated rings. The Balaban J connectivity index is 1.43. The first-order valence-corrected chi connectivity index (χ1v) is 9.46. The number of benzene rings is 1. The number of hydrogen-bond donors (Lipinski definition) is 1. The van der Waals surface area contributed by atoms with E-state index in [9.17, 15) is 0 Å². The van der Waals surface area contributed by atoms with E-state index in [0.717, 1.165) is 56.4 Å². The monoisotopic (exact) mass is 357 g/mol. The number of rotatable bonds is 8. The van der Waals surface area contributed by atoms with E-state index in [1.807, 2.05) is 0 Å². The molecule has 1 aromatic carbocycles. The second-order valence-electron chi connectivity index (χ2n) is 7.67. The average molecular weight is 358 g/mol. The lowest BCUT2D eigenvalue weighted by atomic mass is 9.80. The molecule has 1 aliphatic rings. The average Bonchev–Trinajstić information content (AvgIpc) is 2.92. The number of aryl methyl sites for hydroxylation is 2. The first-order chi connectivity index (χ1) is 12.4. The van der Waals surface area contributed by atoms with Crippen LogP contribution in [0.5, 0.6) is 5.75 Å². The van der Waals surface area contributed by atoms with Gasteiger partial charge in [-0.2, -0.15) is 0 Å². The first-order valence-electron chi connectivity index (χ1n) is 9.46. The second kappa shape index (κ2) is 8.18. The van der Waals surface area contributed by atoms with Crippen molar-refractivity contribution in [2.45, 2.75) is 51.6 Å². The summed E-state index contributed by atoms with van der Waals surface area (Å²) >= 11 is 0. The predicted octanol–water partition coefficient (Wildman–Crippen LogP) is 2.54. The van der Waals surface area contributed by atoms with Crippen LogP contribution in [0.4, 0.5) is 0 Å². The second-order valence-corrected chi connectivity index (χ2v) is 7.67. The molecular formula is C20H31N5O. The Labute approximate surface area is 156 Å². The van der Waals surface area contributed by atoms with Gasteiger partial charge in [0.2, 0.25) is 0 Å². The largest absolute Gasteiger partial charge is 0.493 e. The molecule has 1 heterocycles. The van der Waals surface area contributed by atoms with E-state index < -0.39 is 0 Å². The van der Waals surface area contributed by atoms with Crippen molar-refractivity contribution in [3.63, 3.8) is 0 Å². The molecule has 142 valence electrons. The molecule has 6 heteroatoms. The molecule has 26 heavy (non-hydrogen) atoms. The molecular weight excluding hydrogens is 326 g/mol. The third-order valence-electron chi connectivity index (χ3n) is 5.24. The highest BCUT2D eigenvalue weighted by Crippen LogP contribution is 2.34. The molecule has 2 aromatic rings. The molecule has 1 aromatic heterocycles. The Morgan fingerprint density at radius 1 is 1.27 bits per heavy atom. The minimum atomic E-state index is 0.333. The number of hydrogen-bond acceptors (Lipinski definition) is 5. The minimum absolute atomic E-state index is 0.333. The smallest absolute Gasteiger partial charge is 0.146 e. The summed E-state index contributed by atoms with van der Waals surface area (Å²) in [6.45, 7) is 6.65. The number of nitrogens with zero attached hydrogens (tertiary/aromatic N) is 4. The van der Waals surface area contributed by atoms with Crippen LogP contribution in [0.3, 0.4) is 0 Å². The quantitative estimate of drug-likeness (QED) is 0.735. The molecule has 2 N–H and O–H groups in total. The van der Waals surface area contributed by atoms with E-state index in [1.54, 1.807) is 0 Å². The molecule has 1 saturated carbocycles.